The number of para-hydroxylation sites is 1. The molecule has 0 spiro atoms. The molecule has 1 amide bonds. The third-order valence-corrected chi connectivity index (χ3v) is 6.89. The molecular weight excluding hydrogens is 400 g/mol. The van der Waals surface area contributed by atoms with Gasteiger partial charge in [-0.1, -0.05) is 50.1 Å². The van der Waals surface area contributed by atoms with E-state index in [0.717, 1.165) is 16.5 Å². The zero-order valence-corrected chi connectivity index (χ0v) is 17.8. The lowest BCUT2D eigenvalue weighted by molar-refractivity contribution is 0.0954. The Kier molecular flexibility index (Phi) is 6.55. The molecule has 0 radical (unpaired) electrons. The molecule has 0 fully saturated rings. The van der Waals surface area contributed by atoms with Crippen LogP contribution in [0.4, 0.5) is 0 Å². The molecule has 3 aromatic rings. The molecule has 7 nitrogen and oxygen atoms in total. The number of sulfonamides is 1. The van der Waals surface area contributed by atoms with Gasteiger partial charge in [0.25, 0.3) is 5.91 Å². The Morgan fingerprint density at radius 3 is 2.43 bits per heavy atom. The molecule has 8 heteroatoms. The van der Waals surface area contributed by atoms with E-state index >= 15 is 0 Å². The van der Waals surface area contributed by atoms with Crippen molar-refractivity contribution in [1.29, 1.82) is 0 Å². The first-order chi connectivity index (χ1) is 14.4. The van der Waals surface area contributed by atoms with Crippen molar-refractivity contribution in [2.24, 2.45) is 0 Å². The maximum Gasteiger partial charge on any atom is 0.273 e. The van der Waals surface area contributed by atoms with Gasteiger partial charge in [0.1, 0.15) is 0 Å². The summed E-state index contributed by atoms with van der Waals surface area (Å²) in [5, 5.41) is 7.84. The first-order valence-electron chi connectivity index (χ1n) is 9.68. The number of fused-ring (bicyclic) bond motifs is 1. The average molecular weight is 425 g/mol. The Bertz CT molecular complexity index is 1190. The van der Waals surface area contributed by atoms with Crippen LogP contribution in [0.15, 0.2) is 53.4 Å². The first kappa shape index (κ1) is 21.6. The summed E-state index contributed by atoms with van der Waals surface area (Å²) in [6, 6.07) is 14.2. The smallest absolute Gasteiger partial charge is 0.273 e. The van der Waals surface area contributed by atoms with Crippen LogP contribution in [0.2, 0.25) is 0 Å². The van der Waals surface area contributed by atoms with Gasteiger partial charge in [-0.2, -0.15) is 9.40 Å². The van der Waals surface area contributed by atoms with Gasteiger partial charge >= 0.3 is 0 Å². The summed E-state index contributed by atoms with van der Waals surface area (Å²) < 4.78 is 28.5. The van der Waals surface area contributed by atoms with Crippen molar-refractivity contribution >= 4 is 26.8 Å². The van der Waals surface area contributed by atoms with Crippen molar-refractivity contribution in [2.75, 3.05) is 19.6 Å². The van der Waals surface area contributed by atoms with Crippen LogP contribution in [0, 0.1) is 12.3 Å². The van der Waals surface area contributed by atoms with Crippen LogP contribution in [-0.4, -0.2) is 48.0 Å². The van der Waals surface area contributed by atoms with E-state index in [-0.39, 0.29) is 17.3 Å². The molecular formula is C22H24N4O3S. The summed E-state index contributed by atoms with van der Waals surface area (Å²) in [5.74, 6) is 2.05. The summed E-state index contributed by atoms with van der Waals surface area (Å²) in [5.41, 5.74) is 1.99. The van der Waals surface area contributed by atoms with Crippen LogP contribution in [0.3, 0.4) is 0 Å². The van der Waals surface area contributed by atoms with E-state index in [9.17, 15) is 13.2 Å². The summed E-state index contributed by atoms with van der Waals surface area (Å²) in [7, 11) is -3.50. The van der Waals surface area contributed by atoms with Crippen molar-refractivity contribution in [3.63, 3.8) is 0 Å². The molecule has 156 valence electrons. The van der Waals surface area contributed by atoms with Gasteiger partial charge in [-0.15, -0.1) is 6.42 Å². The van der Waals surface area contributed by atoms with Crippen LogP contribution in [-0.2, 0) is 16.6 Å². The van der Waals surface area contributed by atoms with Crippen LogP contribution < -0.4 is 5.32 Å². The number of amides is 1. The van der Waals surface area contributed by atoms with Crippen molar-refractivity contribution in [3.05, 3.63) is 59.8 Å². The number of hydrogen-bond donors (Lipinski definition) is 1. The van der Waals surface area contributed by atoms with Gasteiger partial charge in [0.05, 0.1) is 23.5 Å². The normalized spacial score (nSPS) is 11.5. The average Bonchev–Trinajstić information content (AvgIpc) is 3.12. The van der Waals surface area contributed by atoms with Crippen LogP contribution in [0.1, 0.15) is 29.9 Å². The standard InChI is InChI=1S/C22H24N4O3S/c1-4-15-23-22(27)21-19-9-7-8-10-20(19)26(24-21)16-17-11-13-18(14-12-17)30(28,29)25(5-2)6-3/h1,7-14H,5-6,15-16H2,2-3H3,(H,23,27). The third-order valence-electron chi connectivity index (χ3n) is 4.82. The minimum absolute atomic E-state index is 0.127. The van der Waals surface area contributed by atoms with Crippen LogP contribution in [0.5, 0.6) is 0 Å². The van der Waals surface area contributed by atoms with E-state index in [1.807, 2.05) is 38.1 Å². The molecule has 0 saturated heterocycles. The van der Waals surface area contributed by atoms with Crippen molar-refractivity contribution < 1.29 is 13.2 Å². The highest BCUT2D eigenvalue weighted by atomic mass is 32.2. The summed E-state index contributed by atoms with van der Waals surface area (Å²) in [6.45, 7) is 5.00. The van der Waals surface area contributed by atoms with Crippen molar-refractivity contribution in [3.8, 4) is 12.3 Å². The van der Waals surface area contributed by atoms with Gasteiger partial charge in [0.2, 0.25) is 10.0 Å². The minimum Gasteiger partial charge on any atom is -0.340 e. The van der Waals surface area contributed by atoms with E-state index in [4.69, 9.17) is 6.42 Å². The minimum atomic E-state index is -3.50. The molecule has 0 aliphatic carbocycles. The molecule has 0 bridgehead atoms. The second-order valence-corrected chi connectivity index (χ2v) is 8.58. The Balaban J connectivity index is 1.90. The monoisotopic (exact) mass is 424 g/mol. The summed E-state index contributed by atoms with van der Waals surface area (Å²) in [4.78, 5) is 12.7. The second-order valence-electron chi connectivity index (χ2n) is 6.64. The fourth-order valence-corrected chi connectivity index (χ4v) is 4.74. The fraction of sp³-hybridized carbons (Fsp3) is 0.273. The van der Waals surface area contributed by atoms with Gasteiger partial charge in [0.15, 0.2) is 5.69 Å². The fourth-order valence-electron chi connectivity index (χ4n) is 3.28. The molecule has 1 aromatic heterocycles. The first-order valence-corrected chi connectivity index (χ1v) is 11.1. The number of rotatable bonds is 8. The Labute approximate surface area is 176 Å². The number of nitrogens with zero attached hydrogens (tertiary/aromatic N) is 3. The zero-order valence-electron chi connectivity index (χ0n) is 17.0. The topological polar surface area (TPSA) is 84.3 Å². The highest BCUT2D eigenvalue weighted by Crippen LogP contribution is 2.21. The molecule has 0 aliphatic rings. The molecule has 0 unspecified atom stereocenters. The van der Waals surface area contributed by atoms with Gasteiger partial charge in [-0.25, -0.2) is 8.42 Å². The van der Waals surface area contributed by atoms with E-state index in [1.54, 1.807) is 28.9 Å². The highest BCUT2D eigenvalue weighted by molar-refractivity contribution is 7.89. The van der Waals surface area contributed by atoms with Crippen LogP contribution in [0.25, 0.3) is 10.9 Å². The Hall–Kier alpha value is -3.15. The molecule has 0 atom stereocenters. The SMILES string of the molecule is C#CCNC(=O)c1nn(Cc2ccc(S(=O)(=O)N(CC)CC)cc2)c2ccccc12. The van der Waals surface area contributed by atoms with Gasteiger partial charge in [-0.3, -0.25) is 9.48 Å². The number of hydrogen-bond acceptors (Lipinski definition) is 4. The maximum atomic E-state index is 12.7. The number of benzene rings is 2. The summed E-state index contributed by atoms with van der Waals surface area (Å²) >= 11 is 0. The predicted molar refractivity (Wildman–Crippen MR) is 117 cm³/mol. The molecule has 2 aromatic carbocycles. The Morgan fingerprint density at radius 1 is 1.13 bits per heavy atom. The van der Waals surface area contributed by atoms with Gasteiger partial charge in [0, 0.05) is 18.5 Å². The lowest BCUT2D eigenvalue weighted by Crippen LogP contribution is -2.30. The molecule has 0 saturated carbocycles. The van der Waals surface area contributed by atoms with Crippen LogP contribution >= 0.6 is 0 Å². The van der Waals surface area contributed by atoms with Crippen molar-refractivity contribution in [1.82, 2.24) is 19.4 Å². The summed E-state index contributed by atoms with van der Waals surface area (Å²) in [6.07, 6.45) is 5.22. The Morgan fingerprint density at radius 2 is 1.80 bits per heavy atom. The lowest BCUT2D eigenvalue weighted by Gasteiger charge is -2.18. The second kappa shape index (κ2) is 9.11. The number of carbonyl (C=O) groups excluding carboxylic acids is 1. The third kappa shape index (κ3) is 4.22. The predicted octanol–water partition coefficient (Wildman–Crippen LogP) is 2.48. The van der Waals surface area contributed by atoms with E-state index in [1.165, 1.54) is 4.31 Å². The van der Waals surface area contributed by atoms with Crippen molar-refractivity contribution in [2.45, 2.75) is 25.3 Å². The van der Waals surface area contributed by atoms with Gasteiger partial charge < -0.3 is 5.32 Å². The lowest BCUT2D eigenvalue weighted by atomic mass is 10.2. The van der Waals surface area contributed by atoms with Gasteiger partial charge in [-0.05, 0) is 23.8 Å². The molecule has 30 heavy (non-hydrogen) atoms. The maximum absolute atomic E-state index is 12.7. The molecule has 0 aliphatic heterocycles. The molecule has 1 heterocycles. The molecule has 1 N–H and O–H groups in total. The number of aromatic nitrogens is 2. The largest absolute Gasteiger partial charge is 0.340 e. The quantitative estimate of drug-likeness (QED) is 0.563. The number of terminal acetylenes is 1. The number of nitrogens with one attached hydrogen (secondary N) is 1. The van der Waals surface area contributed by atoms with E-state index in [2.05, 4.69) is 16.3 Å². The zero-order chi connectivity index (χ0) is 21.7. The highest BCUT2D eigenvalue weighted by Gasteiger charge is 2.21. The number of carbonyl (C=O) groups is 1. The van der Waals surface area contributed by atoms with E-state index < -0.39 is 10.0 Å². The van der Waals surface area contributed by atoms with E-state index in [0.29, 0.717) is 25.3 Å². The molecule has 3 rings (SSSR count).